The zero-order valence-electron chi connectivity index (χ0n) is 25.3. The van der Waals surface area contributed by atoms with Crippen LogP contribution in [-0.2, 0) is 0 Å². The Bertz CT molecular complexity index is 688. The topological polar surface area (TPSA) is 67.3 Å². The van der Waals surface area contributed by atoms with Crippen LogP contribution in [0.2, 0.25) is 0 Å². The molecule has 0 aromatic carbocycles. The standard InChI is InChI=1S/C31H62N4/c1-24(2)29(7,8)23-30(9,10)27(20-25(3)32)22-35(33)21-26(4)34-31(11)18-14-12-13-16-28(5,6)17-15-19-31/h20,24,26,34H,3,12-19,21-23,32-33H2,1-2,4-11H3/b27-20+. The first-order valence-electron chi connectivity index (χ1n) is 14.3. The maximum atomic E-state index is 6.64. The monoisotopic (exact) mass is 490 g/mol. The summed E-state index contributed by atoms with van der Waals surface area (Å²) in [5, 5.41) is 5.97. The summed E-state index contributed by atoms with van der Waals surface area (Å²) >= 11 is 0. The summed E-state index contributed by atoms with van der Waals surface area (Å²) in [6.07, 6.45) is 13.6. The van der Waals surface area contributed by atoms with Crippen molar-refractivity contribution >= 4 is 0 Å². The molecule has 0 amide bonds. The lowest BCUT2D eigenvalue weighted by Crippen LogP contribution is -2.53. The summed E-state index contributed by atoms with van der Waals surface area (Å²) in [5.74, 6) is 7.24. The fraction of sp³-hybridized carbons (Fsp3) is 0.871. The molecule has 0 saturated heterocycles. The SMILES string of the molecule is C=C(N)/C=C(\CN(N)CC(C)NC1(C)CCCCCC(C)(C)CCC1)C(C)(C)CC(C)(C)C(C)C. The Kier molecular flexibility index (Phi) is 12.1. The van der Waals surface area contributed by atoms with Crippen molar-refractivity contribution in [3.63, 3.8) is 0 Å². The van der Waals surface area contributed by atoms with Crippen molar-refractivity contribution in [1.82, 2.24) is 10.3 Å². The van der Waals surface area contributed by atoms with Crippen LogP contribution in [0.3, 0.4) is 0 Å². The normalized spacial score (nSPS) is 24.0. The van der Waals surface area contributed by atoms with E-state index in [1.807, 2.05) is 5.01 Å². The molecule has 0 heterocycles. The first-order chi connectivity index (χ1) is 15.9. The van der Waals surface area contributed by atoms with Crippen LogP contribution in [0.15, 0.2) is 23.9 Å². The van der Waals surface area contributed by atoms with Gasteiger partial charge in [0.15, 0.2) is 0 Å². The lowest BCUT2D eigenvalue weighted by atomic mass is 9.66. The predicted molar refractivity (Wildman–Crippen MR) is 156 cm³/mol. The first-order valence-corrected chi connectivity index (χ1v) is 14.3. The van der Waals surface area contributed by atoms with Crippen LogP contribution < -0.4 is 16.9 Å². The molecular weight excluding hydrogens is 428 g/mol. The van der Waals surface area contributed by atoms with Crippen molar-refractivity contribution in [1.29, 1.82) is 0 Å². The minimum absolute atomic E-state index is 0.0144. The molecule has 2 unspecified atom stereocenters. The maximum absolute atomic E-state index is 6.64. The quantitative estimate of drug-likeness (QED) is 0.159. The summed E-state index contributed by atoms with van der Waals surface area (Å²) in [6.45, 7) is 29.1. The van der Waals surface area contributed by atoms with Crippen molar-refractivity contribution in [2.75, 3.05) is 13.1 Å². The number of nitrogens with zero attached hydrogens (tertiary/aromatic N) is 1. The summed E-state index contributed by atoms with van der Waals surface area (Å²) in [4.78, 5) is 0. The van der Waals surface area contributed by atoms with Gasteiger partial charge < -0.3 is 11.1 Å². The molecule has 0 aliphatic heterocycles. The molecule has 0 radical (unpaired) electrons. The van der Waals surface area contributed by atoms with Crippen molar-refractivity contribution < 1.29 is 0 Å². The van der Waals surface area contributed by atoms with E-state index in [2.05, 4.69) is 87.2 Å². The van der Waals surface area contributed by atoms with Gasteiger partial charge >= 0.3 is 0 Å². The lowest BCUT2D eigenvalue weighted by Gasteiger charge is -2.41. The highest BCUT2D eigenvalue weighted by Crippen LogP contribution is 2.43. The van der Waals surface area contributed by atoms with Gasteiger partial charge in [-0.1, -0.05) is 87.7 Å². The van der Waals surface area contributed by atoms with Gasteiger partial charge in [0.2, 0.25) is 0 Å². The number of hydrazine groups is 1. The zero-order chi connectivity index (χ0) is 27.1. The van der Waals surface area contributed by atoms with E-state index in [9.17, 15) is 0 Å². The van der Waals surface area contributed by atoms with Gasteiger partial charge in [-0.25, -0.2) is 5.01 Å². The van der Waals surface area contributed by atoms with Crippen LogP contribution in [0.5, 0.6) is 0 Å². The highest BCUT2D eigenvalue weighted by atomic mass is 15.4. The van der Waals surface area contributed by atoms with E-state index >= 15 is 0 Å². The summed E-state index contributed by atoms with van der Waals surface area (Å²) < 4.78 is 0. The molecule has 0 spiro atoms. The smallest absolute Gasteiger partial charge is 0.0348 e. The molecule has 4 nitrogen and oxygen atoms in total. The summed E-state index contributed by atoms with van der Waals surface area (Å²) in [6, 6.07) is 0.318. The lowest BCUT2D eigenvalue weighted by molar-refractivity contribution is 0.149. The molecule has 2 atom stereocenters. The van der Waals surface area contributed by atoms with Gasteiger partial charge in [0.25, 0.3) is 0 Å². The fourth-order valence-electron chi connectivity index (χ4n) is 6.06. The van der Waals surface area contributed by atoms with E-state index in [1.165, 1.54) is 56.9 Å². The second kappa shape index (κ2) is 13.1. The second-order valence-electron chi connectivity index (χ2n) is 14.6. The van der Waals surface area contributed by atoms with Crippen molar-refractivity contribution in [3.8, 4) is 0 Å². The Hall–Kier alpha value is -0.840. The molecule has 1 aliphatic carbocycles. The van der Waals surface area contributed by atoms with Crippen LogP contribution in [0.25, 0.3) is 0 Å². The number of rotatable bonds is 11. The third-order valence-electron chi connectivity index (χ3n) is 8.83. The number of nitrogens with two attached hydrogens (primary N) is 2. The van der Waals surface area contributed by atoms with Crippen molar-refractivity contribution in [3.05, 3.63) is 23.9 Å². The highest BCUT2D eigenvalue weighted by molar-refractivity contribution is 5.24. The third-order valence-corrected chi connectivity index (χ3v) is 8.83. The van der Waals surface area contributed by atoms with Crippen LogP contribution in [0, 0.1) is 22.2 Å². The minimum atomic E-state index is -0.0144. The number of hydrogen-bond donors (Lipinski definition) is 3. The summed E-state index contributed by atoms with van der Waals surface area (Å²) in [7, 11) is 0. The van der Waals surface area contributed by atoms with Gasteiger partial charge in [0, 0.05) is 30.4 Å². The Morgan fingerprint density at radius 2 is 1.51 bits per heavy atom. The van der Waals surface area contributed by atoms with E-state index in [1.54, 1.807) is 0 Å². The Morgan fingerprint density at radius 1 is 0.971 bits per heavy atom. The number of nitrogens with one attached hydrogen (secondary N) is 1. The Labute approximate surface area is 219 Å². The van der Waals surface area contributed by atoms with Gasteiger partial charge in [-0.15, -0.1) is 0 Å². The molecule has 0 bridgehead atoms. The Balaban J connectivity index is 2.84. The molecule has 1 saturated carbocycles. The van der Waals surface area contributed by atoms with Crippen LogP contribution >= 0.6 is 0 Å². The van der Waals surface area contributed by atoms with Gasteiger partial charge in [-0.2, -0.15) is 0 Å². The number of allylic oxidation sites excluding steroid dienone is 1. The van der Waals surface area contributed by atoms with E-state index in [0.29, 0.717) is 29.6 Å². The third kappa shape index (κ3) is 11.8. The van der Waals surface area contributed by atoms with E-state index in [-0.39, 0.29) is 16.4 Å². The Morgan fingerprint density at radius 3 is 2.09 bits per heavy atom. The average molecular weight is 491 g/mol. The van der Waals surface area contributed by atoms with Crippen molar-refractivity contribution in [2.45, 2.75) is 139 Å². The maximum Gasteiger partial charge on any atom is 0.0348 e. The van der Waals surface area contributed by atoms with Crippen LogP contribution in [-0.4, -0.2) is 29.7 Å². The molecule has 206 valence electrons. The second-order valence-corrected chi connectivity index (χ2v) is 14.6. The molecule has 4 heteroatoms. The molecule has 1 fully saturated rings. The van der Waals surface area contributed by atoms with Crippen LogP contribution in [0.1, 0.15) is 127 Å². The van der Waals surface area contributed by atoms with E-state index in [0.717, 1.165) is 13.0 Å². The van der Waals surface area contributed by atoms with Gasteiger partial charge in [-0.3, -0.25) is 5.84 Å². The molecule has 5 N–H and O–H groups in total. The van der Waals surface area contributed by atoms with Crippen molar-refractivity contribution in [2.24, 2.45) is 33.7 Å². The predicted octanol–water partition coefficient (Wildman–Crippen LogP) is 7.56. The fourth-order valence-corrected chi connectivity index (χ4v) is 6.06. The first kappa shape index (κ1) is 32.2. The zero-order valence-corrected chi connectivity index (χ0v) is 25.3. The highest BCUT2D eigenvalue weighted by Gasteiger charge is 2.34. The van der Waals surface area contributed by atoms with Gasteiger partial charge in [-0.05, 0) is 79.8 Å². The van der Waals surface area contributed by atoms with Crippen LogP contribution in [0.4, 0.5) is 0 Å². The molecule has 0 aromatic rings. The van der Waals surface area contributed by atoms with E-state index < -0.39 is 0 Å². The van der Waals surface area contributed by atoms with Gasteiger partial charge in [0.1, 0.15) is 0 Å². The molecule has 0 aromatic heterocycles. The largest absolute Gasteiger partial charge is 0.399 e. The minimum Gasteiger partial charge on any atom is -0.399 e. The molecular formula is C31H62N4. The molecule has 1 aliphatic rings. The van der Waals surface area contributed by atoms with E-state index in [4.69, 9.17) is 11.6 Å². The van der Waals surface area contributed by atoms with Gasteiger partial charge in [0.05, 0.1) is 0 Å². The average Bonchev–Trinajstić information content (AvgIpc) is 2.65. The molecule has 1 rings (SSSR count). The number of hydrogen-bond acceptors (Lipinski definition) is 4. The summed E-state index contributed by atoms with van der Waals surface area (Å²) in [5.41, 5.74) is 8.80. The molecule has 35 heavy (non-hydrogen) atoms.